The molecule has 1 N–H and O–H groups in total. The number of aliphatic hydroxyl groups is 1. The van der Waals surface area contributed by atoms with Gasteiger partial charge >= 0.3 is 0 Å². The standard InChI is InChI=1S/C19H6O2/c1-2-3-4-5-6-7-8-9-10-11-12-13-14-15-16-17-19(21)18-20/h20H,18H2,1H3. The largest absolute Gasteiger partial charge is 0.387 e. The van der Waals surface area contributed by atoms with Crippen molar-refractivity contribution in [1.82, 2.24) is 0 Å². The molecular formula is C19H6O2. The third kappa shape index (κ3) is 14.0. The van der Waals surface area contributed by atoms with E-state index in [4.69, 9.17) is 5.11 Å². The molecule has 0 amide bonds. The summed E-state index contributed by atoms with van der Waals surface area (Å²) in [5, 5.41) is 8.37. The molecule has 0 aliphatic rings. The van der Waals surface area contributed by atoms with Gasteiger partial charge in [0.25, 0.3) is 0 Å². The van der Waals surface area contributed by atoms with E-state index in [0.717, 1.165) is 0 Å². The summed E-state index contributed by atoms with van der Waals surface area (Å²) in [4.78, 5) is 10.6. The lowest BCUT2D eigenvalue weighted by Crippen LogP contribution is -1.97. The zero-order valence-electron chi connectivity index (χ0n) is 11.1. The molecule has 0 aromatic rings. The number of aliphatic hydroxyl groups excluding tert-OH is 1. The van der Waals surface area contributed by atoms with Gasteiger partial charge in [-0.05, 0) is 95.7 Å². The van der Waals surface area contributed by atoms with Crippen LogP contribution in [-0.4, -0.2) is 17.5 Å². The number of ketones is 1. The minimum atomic E-state index is -0.620. The molecule has 0 bridgehead atoms. The molecule has 2 nitrogen and oxygen atoms in total. The minimum Gasteiger partial charge on any atom is -0.387 e. The molecule has 0 unspecified atom stereocenters. The smallest absolute Gasteiger partial charge is 0.231 e. The van der Waals surface area contributed by atoms with Crippen LogP contribution < -0.4 is 0 Å². The highest BCUT2D eigenvalue weighted by Gasteiger charge is 1.86. The summed E-state index contributed by atoms with van der Waals surface area (Å²) in [6.07, 6.45) is 0. The number of rotatable bonds is 1. The Balaban J connectivity index is 4.35. The zero-order chi connectivity index (χ0) is 15.6. The maximum Gasteiger partial charge on any atom is 0.231 e. The van der Waals surface area contributed by atoms with Crippen molar-refractivity contribution in [2.45, 2.75) is 6.92 Å². The first-order chi connectivity index (χ1) is 10.3. The Morgan fingerprint density at radius 2 is 1.00 bits per heavy atom. The molecule has 2 heteroatoms. The molecule has 0 atom stereocenters. The molecule has 21 heavy (non-hydrogen) atoms. The number of hydrogen-bond donors (Lipinski definition) is 1. The first-order valence-electron chi connectivity index (χ1n) is 5.37. The summed E-state index contributed by atoms with van der Waals surface area (Å²) in [6, 6.07) is 0. The molecular weight excluding hydrogens is 260 g/mol. The summed E-state index contributed by atoms with van der Waals surface area (Å²) in [7, 11) is 0. The van der Waals surface area contributed by atoms with Crippen molar-refractivity contribution < 1.29 is 9.90 Å². The third-order valence-corrected chi connectivity index (χ3v) is 1.28. The lowest BCUT2D eigenvalue weighted by atomic mass is 10.4. The SMILES string of the molecule is CC#CC#CC#CC#CC#CC#CC#CC#CC(=O)CO. The van der Waals surface area contributed by atoms with Gasteiger partial charge in [0.05, 0.1) is 0 Å². The fourth-order valence-corrected chi connectivity index (χ4v) is 0.578. The van der Waals surface area contributed by atoms with Crippen molar-refractivity contribution in [2.24, 2.45) is 0 Å². The van der Waals surface area contributed by atoms with Crippen LogP contribution in [0.3, 0.4) is 0 Å². The molecule has 0 rings (SSSR count). The Kier molecular flexibility index (Phi) is 11.5. The predicted octanol–water partition coefficient (Wildman–Crippen LogP) is -0.405. The van der Waals surface area contributed by atoms with Crippen LogP contribution in [0.25, 0.3) is 0 Å². The highest BCUT2D eigenvalue weighted by Crippen LogP contribution is 1.63. The maximum atomic E-state index is 10.6. The highest BCUT2D eigenvalue weighted by molar-refractivity contribution is 5.96. The van der Waals surface area contributed by atoms with E-state index in [1.54, 1.807) is 6.92 Å². The Bertz CT molecular complexity index is 887. The van der Waals surface area contributed by atoms with Crippen LogP contribution >= 0.6 is 0 Å². The van der Waals surface area contributed by atoms with Gasteiger partial charge in [0.2, 0.25) is 5.78 Å². The molecule has 0 saturated carbocycles. The van der Waals surface area contributed by atoms with Gasteiger partial charge in [0.1, 0.15) is 6.61 Å². The first-order valence-corrected chi connectivity index (χ1v) is 5.37. The van der Waals surface area contributed by atoms with Crippen molar-refractivity contribution in [3.63, 3.8) is 0 Å². The predicted molar refractivity (Wildman–Crippen MR) is 80.0 cm³/mol. The van der Waals surface area contributed by atoms with Crippen molar-refractivity contribution in [1.29, 1.82) is 0 Å². The van der Waals surface area contributed by atoms with Crippen molar-refractivity contribution in [3.05, 3.63) is 0 Å². The van der Waals surface area contributed by atoms with Gasteiger partial charge in [-0.1, -0.05) is 5.92 Å². The van der Waals surface area contributed by atoms with Crippen LogP contribution in [0.2, 0.25) is 0 Å². The Labute approximate surface area is 124 Å². The average Bonchev–Trinajstić information content (AvgIpc) is 2.50. The molecule has 0 saturated heterocycles. The van der Waals surface area contributed by atoms with Gasteiger partial charge in [-0.15, -0.1) is 0 Å². The molecule has 0 aromatic carbocycles. The molecule has 0 radical (unpaired) electrons. The van der Waals surface area contributed by atoms with E-state index in [0.29, 0.717) is 0 Å². The van der Waals surface area contributed by atoms with Crippen molar-refractivity contribution >= 4 is 5.78 Å². The third-order valence-electron chi connectivity index (χ3n) is 1.28. The molecule has 0 aliphatic carbocycles. The highest BCUT2D eigenvalue weighted by atomic mass is 16.3. The van der Waals surface area contributed by atoms with Gasteiger partial charge in [0.15, 0.2) is 0 Å². The second kappa shape index (κ2) is 14.2. The minimum absolute atomic E-state index is 0.597. The lowest BCUT2D eigenvalue weighted by molar-refractivity contribution is -0.116. The number of Topliss-reactive ketones (excluding diaryl/α,β-unsaturated/α-hetero) is 1. The van der Waals surface area contributed by atoms with Gasteiger partial charge in [-0.3, -0.25) is 4.79 Å². The van der Waals surface area contributed by atoms with Crippen LogP contribution in [0.5, 0.6) is 0 Å². The van der Waals surface area contributed by atoms with Crippen LogP contribution in [0.4, 0.5) is 0 Å². The average molecular weight is 266 g/mol. The van der Waals surface area contributed by atoms with Crippen LogP contribution in [-0.2, 0) is 4.79 Å². The van der Waals surface area contributed by atoms with E-state index in [2.05, 4.69) is 94.7 Å². The summed E-state index contributed by atoms with van der Waals surface area (Å²) in [5.41, 5.74) is 0. The normalized spacial score (nSPS) is 4.86. The van der Waals surface area contributed by atoms with Crippen LogP contribution in [0.15, 0.2) is 0 Å². The molecule has 0 aliphatic heterocycles. The summed E-state index contributed by atoms with van der Waals surface area (Å²) >= 11 is 0. The van der Waals surface area contributed by atoms with E-state index in [9.17, 15) is 4.79 Å². The van der Waals surface area contributed by atoms with Crippen LogP contribution in [0.1, 0.15) is 6.92 Å². The summed E-state index contributed by atoms with van der Waals surface area (Å²) in [6.45, 7) is 1.06. The molecule has 0 heterocycles. The Morgan fingerprint density at radius 3 is 1.33 bits per heavy atom. The molecule has 0 fully saturated rings. The van der Waals surface area contributed by atoms with E-state index in [1.807, 2.05) is 0 Å². The topological polar surface area (TPSA) is 37.3 Å². The van der Waals surface area contributed by atoms with E-state index in [-0.39, 0.29) is 0 Å². The van der Waals surface area contributed by atoms with Gasteiger partial charge in [-0.2, -0.15) is 0 Å². The number of carbonyl (C=O) groups is 1. The van der Waals surface area contributed by atoms with Crippen LogP contribution in [0, 0.1) is 94.7 Å². The fourth-order valence-electron chi connectivity index (χ4n) is 0.578. The Hall–Kier alpha value is -3.89. The second-order valence-corrected chi connectivity index (χ2v) is 2.71. The van der Waals surface area contributed by atoms with E-state index < -0.39 is 12.4 Å². The summed E-state index contributed by atoms with van der Waals surface area (Å²) in [5.74, 6) is 38.2. The first kappa shape index (κ1) is 17.1. The van der Waals surface area contributed by atoms with Gasteiger partial charge in [-0.25, -0.2) is 0 Å². The number of hydrogen-bond acceptors (Lipinski definition) is 2. The Morgan fingerprint density at radius 1 is 0.667 bits per heavy atom. The van der Waals surface area contributed by atoms with E-state index >= 15 is 0 Å². The van der Waals surface area contributed by atoms with Crippen molar-refractivity contribution in [3.8, 4) is 94.7 Å². The van der Waals surface area contributed by atoms with Gasteiger partial charge in [0, 0.05) is 0 Å². The molecule has 0 aromatic heterocycles. The monoisotopic (exact) mass is 266 g/mol. The fraction of sp³-hybridized carbons (Fsp3) is 0.105. The lowest BCUT2D eigenvalue weighted by Gasteiger charge is -1.73. The van der Waals surface area contributed by atoms with Crippen molar-refractivity contribution in [2.75, 3.05) is 6.61 Å². The number of carbonyl (C=O) groups excluding carboxylic acids is 1. The van der Waals surface area contributed by atoms with E-state index in [1.165, 1.54) is 0 Å². The quantitative estimate of drug-likeness (QED) is 0.518. The van der Waals surface area contributed by atoms with Gasteiger partial charge < -0.3 is 5.11 Å². The second-order valence-electron chi connectivity index (χ2n) is 2.71. The molecule has 94 valence electrons. The molecule has 0 spiro atoms. The summed E-state index contributed by atoms with van der Waals surface area (Å²) < 4.78 is 0. The maximum absolute atomic E-state index is 10.6. The zero-order valence-corrected chi connectivity index (χ0v) is 11.1.